The second kappa shape index (κ2) is 7.72. The van der Waals surface area contributed by atoms with Crippen LogP contribution in [0.3, 0.4) is 0 Å². The topological polar surface area (TPSA) is 78.5 Å². The third kappa shape index (κ3) is 4.63. The zero-order valence-corrected chi connectivity index (χ0v) is 14.3. The summed E-state index contributed by atoms with van der Waals surface area (Å²) in [5.74, 6) is 0.513. The van der Waals surface area contributed by atoms with Gasteiger partial charge >= 0.3 is 0 Å². The number of hydrogen-bond donors (Lipinski definition) is 2. The molecule has 1 aliphatic heterocycles. The predicted molar refractivity (Wildman–Crippen MR) is 90.3 cm³/mol. The van der Waals surface area contributed by atoms with Crippen LogP contribution in [0.15, 0.2) is 35.2 Å². The average molecular weight is 337 g/mol. The lowest BCUT2D eigenvalue weighted by atomic mass is 10.1. The molecule has 1 aromatic rings. The van der Waals surface area contributed by atoms with Gasteiger partial charge in [-0.15, -0.1) is 0 Å². The summed E-state index contributed by atoms with van der Waals surface area (Å²) in [6.07, 6.45) is 4.28. The Balaban J connectivity index is 1.96. The van der Waals surface area contributed by atoms with Crippen LogP contribution in [-0.2, 0) is 14.8 Å². The highest BCUT2D eigenvalue weighted by Crippen LogP contribution is 2.16. The molecule has 0 bridgehead atoms. The lowest BCUT2D eigenvalue weighted by Gasteiger charge is -2.14. The van der Waals surface area contributed by atoms with Gasteiger partial charge in [-0.3, -0.25) is 4.79 Å². The highest BCUT2D eigenvalue weighted by molar-refractivity contribution is 7.89. The van der Waals surface area contributed by atoms with Gasteiger partial charge in [0.15, 0.2) is 0 Å². The summed E-state index contributed by atoms with van der Waals surface area (Å²) in [5.41, 5.74) is 0.791. The molecule has 1 unspecified atom stereocenters. The molecule has 0 radical (unpaired) electrons. The molecule has 1 aromatic carbocycles. The molecule has 2 rings (SSSR count). The summed E-state index contributed by atoms with van der Waals surface area (Å²) in [7, 11) is -0.133. The first kappa shape index (κ1) is 17.7. The van der Waals surface area contributed by atoms with Crippen LogP contribution < -0.4 is 10.0 Å². The van der Waals surface area contributed by atoms with Crippen LogP contribution in [0.2, 0.25) is 0 Å². The Kier molecular flexibility index (Phi) is 5.92. The van der Waals surface area contributed by atoms with E-state index in [0.717, 1.165) is 31.6 Å². The fourth-order valence-electron chi connectivity index (χ4n) is 2.64. The normalized spacial score (nSPS) is 18.7. The maximum Gasteiger partial charge on any atom is 0.246 e. The molecule has 1 saturated heterocycles. The van der Waals surface area contributed by atoms with Crippen LogP contribution in [0.4, 0.5) is 0 Å². The standard InChI is InChI=1S/C16H23N3O3S/c1-17-11-14-9-10-19(12-14)16(20)8-5-13-3-6-15(7-4-13)23(21,22)18-2/h3-8,14,17-18H,9-12H2,1-2H3/b8-5+. The number of sulfonamides is 1. The van der Waals surface area contributed by atoms with E-state index in [1.54, 1.807) is 24.3 Å². The average Bonchev–Trinajstić information content (AvgIpc) is 3.02. The number of carbonyl (C=O) groups is 1. The van der Waals surface area contributed by atoms with Crippen molar-refractivity contribution in [2.24, 2.45) is 5.92 Å². The van der Waals surface area contributed by atoms with E-state index in [2.05, 4.69) is 10.0 Å². The van der Waals surface area contributed by atoms with Crippen molar-refractivity contribution < 1.29 is 13.2 Å². The van der Waals surface area contributed by atoms with Gasteiger partial charge in [0.25, 0.3) is 0 Å². The summed E-state index contributed by atoms with van der Waals surface area (Å²) in [6.45, 7) is 2.49. The van der Waals surface area contributed by atoms with Crippen molar-refractivity contribution in [3.63, 3.8) is 0 Å². The molecule has 6 nitrogen and oxygen atoms in total. The van der Waals surface area contributed by atoms with E-state index in [0.29, 0.717) is 5.92 Å². The number of amides is 1. The Morgan fingerprint density at radius 3 is 2.61 bits per heavy atom. The fourth-order valence-corrected chi connectivity index (χ4v) is 3.37. The number of rotatable bonds is 6. The molecule has 0 aliphatic carbocycles. The SMILES string of the molecule is CNCC1CCN(C(=O)/C=C/c2ccc(S(=O)(=O)NC)cc2)C1. The molecule has 1 heterocycles. The lowest BCUT2D eigenvalue weighted by molar-refractivity contribution is -0.125. The largest absolute Gasteiger partial charge is 0.339 e. The Morgan fingerprint density at radius 2 is 2.00 bits per heavy atom. The molecule has 0 spiro atoms. The van der Waals surface area contributed by atoms with E-state index < -0.39 is 10.0 Å². The van der Waals surface area contributed by atoms with Crippen molar-refractivity contribution in [1.82, 2.24) is 14.9 Å². The van der Waals surface area contributed by atoms with E-state index in [-0.39, 0.29) is 10.8 Å². The van der Waals surface area contributed by atoms with Gasteiger partial charge in [-0.2, -0.15) is 0 Å². The van der Waals surface area contributed by atoms with Crippen LogP contribution >= 0.6 is 0 Å². The van der Waals surface area contributed by atoms with E-state index >= 15 is 0 Å². The van der Waals surface area contributed by atoms with E-state index in [9.17, 15) is 13.2 Å². The van der Waals surface area contributed by atoms with E-state index in [4.69, 9.17) is 0 Å². The summed E-state index contributed by atoms with van der Waals surface area (Å²) >= 11 is 0. The van der Waals surface area contributed by atoms with Gasteiger partial charge in [0.05, 0.1) is 4.90 Å². The Bertz CT molecular complexity index is 668. The summed E-state index contributed by atoms with van der Waals surface area (Å²) < 4.78 is 25.5. The summed E-state index contributed by atoms with van der Waals surface area (Å²) in [6, 6.07) is 6.41. The van der Waals surface area contributed by atoms with Gasteiger partial charge in [0.2, 0.25) is 15.9 Å². The van der Waals surface area contributed by atoms with Crippen molar-refractivity contribution >= 4 is 22.0 Å². The molecule has 1 atom stereocenters. The van der Waals surface area contributed by atoms with Gasteiger partial charge in [0, 0.05) is 19.2 Å². The molecule has 1 amide bonds. The van der Waals surface area contributed by atoms with Crippen molar-refractivity contribution in [1.29, 1.82) is 0 Å². The second-order valence-electron chi connectivity index (χ2n) is 5.61. The third-order valence-electron chi connectivity index (χ3n) is 3.97. The van der Waals surface area contributed by atoms with Gasteiger partial charge in [-0.1, -0.05) is 12.1 Å². The van der Waals surface area contributed by atoms with Crippen LogP contribution in [0, 0.1) is 5.92 Å². The van der Waals surface area contributed by atoms with Crippen LogP contribution in [-0.4, -0.2) is 53.0 Å². The zero-order valence-electron chi connectivity index (χ0n) is 13.5. The van der Waals surface area contributed by atoms with Gasteiger partial charge in [-0.25, -0.2) is 13.1 Å². The molecular formula is C16H23N3O3S. The number of nitrogens with zero attached hydrogens (tertiary/aromatic N) is 1. The molecule has 0 saturated carbocycles. The minimum Gasteiger partial charge on any atom is -0.339 e. The highest BCUT2D eigenvalue weighted by atomic mass is 32.2. The van der Waals surface area contributed by atoms with E-state index in [1.165, 1.54) is 19.2 Å². The summed E-state index contributed by atoms with van der Waals surface area (Å²) in [4.78, 5) is 14.2. The van der Waals surface area contributed by atoms with Gasteiger partial charge < -0.3 is 10.2 Å². The molecule has 1 aliphatic rings. The number of hydrogen-bond acceptors (Lipinski definition) is 4. The number of carbonyl (C=O) groups excluding carboxylic acids is 1. The van der Waals surface area contributed by atoms with Gasteiger partial charge in [-0.05, 0) is 56.8 Å². The lowest BCUT2D eigenvalue weighted by Crippen LogP contribution is -2.28. The third-order valence-corrected chi connectivity index (χ3v) is 5.40. The maximum absolute atomic E-state index is 12.2. The number of likely N-dealkylation sites (tertiary alicyclic amines) is 1. The Hall–Kier alpha value is -1.70. The quantitative estimate of drug-likeness (QED) is 0.748. The van der Waals surface area contributed by atoms with Crippen molar-refractivity contribution in [3.05, 3.63) is 35.9 Å². The van der Waals surface area contributed by atoms with Crippen LogP contribution in [0.1, 0.15) is 12.0 Å². The van der Waals surface area contributed by atoms with Crippen molar-refractivity contribution in [2.75, 3.05) is 33.7 Å². The molecule has 7 heteroatoms. The minimum absolute atomic E-state index is 0.00414. The fraction of sp³-hybridized carbons (Fsp3) is 0.438. The number of benzene rings is 1. The smallest absolute Gasteiger partial charge is 0.246 e. The minimum atomic E-state index is -3.43. The molecule has 2 N–H and O–H groups in total. The van der Waals surface area contributed by atoms with Crippen LogP contribution in [0.25, 0.3) is 6.08 Å². The first-order chi connectivity index (χ1) is 11.0. The molecule has 126 valence electrons. The summed E-state index contributed by atoms with van der Waals surface area (Å²) in [5, 5.41) is 3.14. The van der Waals surface area contributed by atoms with Crippen molar-refractivity contribution in [2.45, 2.75) is 11.3 Å². The predicted octanol–water partition coefficient (Wildman–Crippen LogP) is 0.676. The number of nitrogens with one attached hydrogen (secondary N) is 2. The molecule has 1 fully saturated rings. The van der Waals surface area contributed by atoms with E-state index in [1.807, 2.05) is 11.9 Å². The van der Waals surface area contributed by atoms with Gasteiger partial charge in [0.1, 0.15) is 0 Å². The first-order valence-electron chi connectivity index (χ1n) is 7.61. The zero-order chi connectivity index (χ0) is 16.9. The Morgan fingerprint density at radius 1 is 1.30 bits per heavy atom. The molecule has 0 aromatic heterocycles. The molecule has 23 heavy (non-hydrogen) atoms. The highest BCUT2D eigenvalue weighted by Gasteiger charge is 2.24. The second-order valence-corrected chi connectivity index (χ2v) is 7.49. The first-order valence-corrected chi connectivity index (χ1v) is 9.10. The van der Waals surface area contributed by atoms with Crippen LogP contribution in [0.5, 0.6) is 0 Å². The Labute approximate surface area is 137 Å². The maximum atomic E-state index is 12.2. The van der Waals surface area contributed by atoms with Crippen molar-refractivity contribution in [3.8, 4) is 0 Å². The molecular weight excluding hydrogens is 314 g/mol. The monoisotopic (exact) mass is 337 g/mol.